The van der Waals surface area contributed by atoms with E-state index < -0.39 is 0 Å². The molecule has 0 unspecified atom stereocenters. The summed E-state index contributed by atoms with van der Waals surface area (Å²) in [7, 11) is 1.65. The Kier molecular flexibility index (Phi) is 5.39. The summed E-state index contributed by atoms with van der Waals surface area (Å²) in [4.78, 5) is 11.9. The molecule has 3 rings (SSSR count). The van der Waals surface area contributed by atoms with Crippen LogP contribution in [0.4, 0.5) is 0 Å². The number of methoxy groups -OCH3 is 1. The normalized spacial score (nSPS) is 14.2. The molecule has 0 aliphatic heterocycles. The number of fused-ring (bicyclic) bond motifs is 1. The van der Waals surface area contributed by atoms with Crippen LogP contribution in [0.2, 0.25) is 0 Å². The highest BCUT2D eigenvalue weighted by atomic mass is 16.5. The lowest BCUT2D eigenvalue weighted by atomic mass is 10.0. The molecule has 0 spiro atoms. The second-order valence-electron chi connectivity index (χ2n) is 5.86. The van der Waals surface area contributed by atoms with Crippen molar-refractivity contribution in [3.05, 3.63) is 65.2 Å². The number of aryl methyl sites for hydroxylation is 1. The van der Waals surface area contributed by atoms with E-state index in [4.69, 9.17) is 14.2 Å². The maximum Gasteiger partial charge on any atom is 0.331 e. The molecular weight excluding hydrogens is 316 g/mol. The molecule has 0 radical (unpaired) electrons. The monoisotopic (exact) mass is 338 g/mol. The number of ether oxygens (including phenoxy) is 3. The third kappa shape index (κ3) is 4.02. The van der Waals surface area contributed by atoms with Crippen LogP contribution in [0.3, 0.4) is 0 Å². The Hall–Kier alpha value is -2.75. The first-order valence-corrected chi connectivity index (χ1v) is 8.46. The molecule has 4 nitrogen and oxygen atoms in total. The predicted octanol–water partition coefficient (Wildman–Crippen LogP) is 4.17. The van der Waals surface area contributed by atoms with Gasteiger partial charge in [0.15, 0.2) is 0 Å². The van der Waals surface area contributed by atoms with Gasteiger partial charge in [0.2, 0.25) is 0 Å². The number of benzene rings is 2. The van der Waals surface area contributed by atoms with Crippen molar-refractivity contribution in [3.63, 3.8) is 0 Å². The van der Waals surface area contributed by atoms with Crippen molar-refractivity contribution in [3.8, 4) is 11.5 Å². The summed E-state index contributed by atoms with van der Waals surface area (Å²) in [6, 6.07) is 13.9. The van der Waals surface area contributed by atoms with Gasteiger partial charge in [-0.25, -0.2) is 4.79 Å². The molecule has 0 saturated carbocycles. The molecule has 1 aliphatic carbocycles. The number of hydrogen-bond donors (Lipinski definition) is 0. The molecule has 0 heterocycles. The quantitative estimate of drug-likeness (QED) is 0.586. The van der Waals surface area contributed by atoms with Crippen molar-refractivity contribution in [2.45, 2.75) is 26.4 Å². The van der Waals surface area contributed by atoms with Gasteiger partial charge in [-0.15, -0.1) is 0 Å². The Morgan fingerprint density at radius 3 is 2.68 bits per heavy atom. The third-order valence-corrected chi connectivity index (χ3v) is 4.19. The number of carbonyl (C=O) groups is 1. The average molecular weight is 338 g/mol. The van der Waals surface area contributed by atoms with E-state index in [1.54, 1.807) is 20.1 Å². The Labute approximate surface area is 148 Å². The SMILES string of the molecule is CCOC(=O)C=C1CCc2cc(OC)cc(OCc3ccccc3)c21. The Morgan fingerprint density at radius 2 is 1.96 bits per heavy atom. The molecule has 1 aliphatic rings. The lowest BCUT2D eigenvalue weighted by Gasteiger charge is -2.14. The van der Waals surface area contributed by atoms with E-state index in [0.29, 0.717) is 13.2 Å². The average Bonchev–Trinajstić information content (AvgIpc) is 3.03. The number of rotatable bonds is 6. The molecule has 0 aromatic heterocycles. The van der Waals surface area contributed by atoms with Crippen molar-refractivity contribution in [2.24, 2.45) is 0 Å². The van der Waals surface area contributed by atoms with Gasteiger partial charge >= 0.3 is 5.97 Å². The van der Waals surface area contributed by atoms with Crippen molar-refractivity contribution in [1.29, 1.82) is 0 Å². The molecule has 0 atom stereocenters. The number of allylic oxidation sites excluding steroid dienone is 1. The number of carbonyl (C=O) groups excluding carboxylic acids is 1. The standard InChI is InChI=1S/C21H22O4/c1-3-24-20(22)12-17-10-9-16-11-18(23-2)13-19(21(16)17)25-14-15-7-5-4-6-8-15/h4-8,11-13H,3,9-10,14H2,1-2H3. The highest BCUT2D eigenvalue weighted by molar-refractivity contribution is 5.94. The molecular formula is C21H22O4. The molecule has 0 N–H and O–H groups in total. The van der Waals surface area contributed by atoms with Crippen LogP contribution in [0.15, 0.2) is 48.5 Å². The van der Waals surface area contributed by atoms with Gasteiger partial charge in [-0.05, 0) is 42.5 Å². The lowest BCUT2D eigenvalue weighted by Crippen LogP contribution is -2.02. The van der Waals surface area contributed by atoms with E-state index in [0.717, 1.165) is 46.6 Å². The van der Waals surface area contributed by atoms with Gasteiger partial charge in [0.25, 0.3) is 0 Å². The molecule has 0 fully saturated rings. The summed E-state index contributed by atoms with van der Waals surface area (Å²) in [5, 5.41) is 0. The van der Waals surface area contributed by atoms with E-state index in [9.17, 15) is 4.79 Å². The largest absolute Gasteiger partial charge is 0.497 e. The van der Waals surface area contributed by atoms with E-state index >= 15 is 0 Å². The Balaban J connectivity index is 1.91. The summed E-state index contributed by atoms with van der Waals surface area (Å²) >= 11 is 0. The van der Waals surface area contributed by atoms with Gasteiger partial charge < -0.3 is 14.2 Å². The first kappa shape index (κ1) is 17.1. The van der Waals surface area contributed by atoms with E-state index in [1.165, 1.54) is 0 Å². The van der Waals surface area contributed by atoms with Gasteiger partial charge in [0.1, 0.15) is 18.1 Å². The Morgan fingerprint density at radius 1 is 1.16 bits per heavy atom. The second kappa shape index (κ2) is 7.88. The fraction of sp³-hybridized carbons (Fsp3) is 0.286. The van der Waals surface area contributed by atoms with Crippen LogP contribution in [0.25, 0.3) is 5.57 Å². The zero-order valence-corrected chi connectivity index (χ0v) is 14.6. The second-order valence-corrected chi connectivity index (χ2v) is 5.86. The van der Waals surface area contributed by atoms with E-state index in [-0.39, 0.29) is 5.97 Å². The fourth-order valence-corrected chi connectivity index (χ4v) is 3.04. The molecule has 4 heteroatoms. The van der Waals surface area contributed by atoms with Gasteiger partial charge in [-0.2, -0.15) is 0 Å². The summed E-state index contributed by atoms with van der Waals surface area (Å²) in [5.74, 6) is 1.20. The number of esters is 1. The first-order chi connectivity index (χ1) is 12.2. The maximum absolute atomic E-state index is 11.9. The fourth-order valence-electron chi connectivity index (χ4n) is 3.04. The maximum atomic E-state index is 11.9. The van der Waals surface area contributed by atoms with Crippen LogP contribution in [-0.4, -0.2) is 19.7 Å². The van der Waals surface area contributed by atoms with Gasteiger partial charge in [0.05, 0.1) is 13.7 Å². The summed E-state index contributed by atoms with van der Waals surface area (Å²) in [6.07, 6.45) is 3.24. The molecule has 0 amide bonds. The molecule has 2 aromatic carbocycles. The van der Waals surface area contributed by atoms with Crippen LogP contribution >= 0.6 is 0 Å². The highest BCUT2D eigenvalue weighted by Gasteiger charge is 2.23. The molecule has 130 valence electrons. The minimum atomic E-state index is -0.310. The minimum absolute atomic E-state index is 0.310. The van der Waals surface area contributed by atoms with Crippen molar-refractivity contribution < 1.29 is 19.0 Å². The van der Waals surface area contributed by atoms with E-state index in [1.807, 2.05) is 42.5 Å². The van der Waals surface area contributed by atoms with Crippen LogP contribution in [0.5, 0.6) is 11.5 Å². The van der Waals surface area contributed by atoms with Crippen LogP contribution in [-0.2, 0) is 22.6 Å². The number of hydrogen-bond acceptors (Lipinski definition) is 4. The van der Waals surface area contributed by atoms with Gasteiger partial charge in [-0.3, -0.25) is 0 Å². The van der Waals surface area contributed by atoms with Crippen molar-refractivity contribution in [1.82, 2.24) is 0 Å². The minimum Gasteiger partial charge on any atom is -0.497 e. The zero-order chi connectivity index (χ0) is 17.6. The highest BCUT2D eigenvalue weighted by Crippen LogP contribution is 2.42. The van der Waals surface area contributed by atoms with Crippen molar-refractivity contribution in [2.75, 3.05) is 13.7 Å². The van der Waals surface area contributed by atoms with Crippen LogP contribution in [0.1, 0.15) is 30.0 Å². The summed E-state index contributed by atoms with van der Waals surface area (Å²) in [6.45, 7) is 2.64. The van der Waals surface area contributed by atoms with Crippen molar-refractivity contribution >= 4 is 11.5 Å². The Bertz CT molecular complexity index is 778. The molecule has 0 saturated heterocycles. The van der Waals surface area contributed by atoms with Gasteiger partial charge in [0, 0.05) is 17.7 Å². The molecule has 25 heavy (non-hydrogen) atoms. The first-order valence-electron chi connectivity index (χ1n) is 8.46. The summed E-state index contributed by atoms with van der Waals surface area (Å²) in [5.41, 5.74) is 4.18. The third-order valence-electron chi connectivity index (χ3n) is 4.19. The molecule has 0 bridgehead atoms. The molecule has 2 aromatic rings. The topological polar surface area (TPSA) is 44.8 Å². The lowest BCUT2D eigenvalue weighted by molar-refractivity contribution is -0.137. The van der Waals surface area contributed by atoms with Gasteiger partial charge in [-0.1, -0.05) is 30.3 Å². The van der Waals surface area contributed by atoms with Crippen LogP contribution < -0.4 is 9.47 Å². The predicted molar refractivity (Wildman–Crippen MR) is 96.7 cm³/mol. The summed E-state index contributed by atoms with van der Waals surface area (Å²) < 4.78 is 16.5. The zero-order valence-electron chi connectivity index (χ0n) is 14.6. The smallest absolute Gasteiger partial charge is 0.331 e. The van der Waals surface area contributed by atoms with E-state index in [2.05, 4.69) is 0 Å². The van der Waals surface area contributed by atoms with Crippen LogP contribution in [0, 0.1) is 0 Å².